The first-order chi connectivity index (χ1) is 13.3. The molecule has 3 rings (SSSR count). The Labute approximate surface area is 163 Å². The largest absolute Gasteiger partial charge is 0.497 e. The van der Waals surface area contributed by atoms with Gasteiger partial charge in [0.15, 0.2) is 5.82 Å². The molecule has 0 amide bonds. The fraction of sp³-hybridized carbons (Fsp3) is 0.350. The van der Waals surface area contributed by atoms with Gasteiger partial charge >= 0.3 is 0 Å². The van der Waals surface area contributed by atoms with E-state index in [1.54, 1.807) is 17.7 Å². The van der Waals surface area contributed by atoms with Crippen molar-refractivity contribution in [2.24, 2.45) is 0 Å². The van der Waals surface area contributed by atoms with Crippen molar-refractivity contribution in [1.29, 1.82) is 0 Å². The van der Waals surface area contributed by atoms with Crippen molar-refractivity contribution in [3.05, 3.63) is 47.5 Å². The Hall–Kier alpha value is -3.00. The van der Waals surface area contributed by atoms with E-state index in [2.05, 4.69) is 20.4 Å². The van der Waals surface area contributed by atoms with Crippen LogP contribution in [0.5, 0.6) is 5.75 Å². The monoisotopic (exact) mass is 385 g/mol. The van der Waals surface area contributed by atoms with Crippen LogP contribution < -0.4 is 10.1 Å². The van der Waals surface area contributed by atoms with E-state index in [1.807, 2.05) is 26.0 Å². The summed E-state index contributed by atoms with van der Waals surface area (Å²) in [4.78, 5) is 8.99. The molecule has 8 heteroatoms. The standard InChI is InChI=1S/C20H24FN5O2/c1-12-7-15(8-13(2)22-12)19-24-20(25-26(19)6-5-14(3)27)23-17-9-16(21)10-18(11-17)28-4/h7-11,14,27H,5-6H2,1-4H3,(H,23,25)/t14-/m0/s1. The predicted octanol–water partition coefficient (Wildman–Crippen LogP) is 3.62. The minimum atomic E-state index is -0.457. The number of aryl methyl sites for hydroxylation is 3. The Bertz CT molecular complexity index is 951. The number of halogens is 1. The second-order valence-corrected chi connectivity index (χ2v) is 6.76. The molecule has 0 aliphatic carbocycles. The van der Waals surface area contributed by atoms with Crippen LogP contribution in [0.25, 0.3) is 11.4 Å². The van der Waals surface area contributed by atoms with E-state index in [0.717, 1.165) is 17.0 Å². The molecule has 0 fully saturated rings. The second-order valence-electron chi connectivity index (χ2n) is 6.76. The third kappa shape index (κ3) is 4.83. The highest BCUT2D eigenvalue weighted by molar-refractivity contribution is 5.61. The molecule has 2 heterocycles. The lowest BCUT2D eigenvalue weighted by atomic mass is 10.2. The van der Waals surface area contributed by atoms with Gasteiger partial charge in [0.2, 0.25) is 5.95 Å². The zero-order chi connectivity index (χ0) is 20.3. The number of ether oxygens (including phenoxy) is 1. The first-order valence-electron chi connectivity index (χ1n) is 9.04. The van der Waals surface area contributed by atoms with Crippen LogP contribution in [0, 0.1) is 19.7 Å². The molecule has 28 heavy (non-hydrogen) atoms. The van der Waals surface area contributed by atoms with Gasteiger partial charge in [-0.25, -0.2) is 9.07 Å². The molecule has 7 nitrogen and oxygen atoms in total. The summed E-state index contributed by atoms with van der Waals surface area (Å²) in [7, 11) is 1.48. The molecule has 0 aliphatic rings. The first kappa shape index (κ1) is 19.8. The lowest BCUT2D eigenvalue weighted by Gasteiger charge is -2.08. The van der Waals surface area contributed by atoms with Gasteiger partial charge in [-0.1, -0.05) is 0 Å². The van der Waals surface area contributed by atoms with Gasteiger partial charge in [-0.3, -0.25) is 4.98 Å². The Morgan fingerprint density at radius 2 is 1.86 bits per heavy atom. The minimum absolute atomic E-state index is 0.334. The smallest absolute Gasteiger partial charge is 0.247 e. The summed E-state index contributed by atoms with van der Waals surface area (Å²) in [6.07, 6.45) is 0.0777. The number of anilines is 2. The zero-order valence-corrected chi connectivity index (χ0v) is 16.4. The highest BCUT2D eigenvalue weighted by atomic mass is 19.1. The predicted molar refractivity (Wildman–Crippen MR) is 105 cm³/mol. The Morgan fingerprint density at radius 3 is 2.50 bits per heavy atom. The second kappa shape index (κ2) is 8.35. The van der Waals surface area contributed by atoms with Crippen LogP contribution >= 0.6 is 0 Å². The fourth-order valence-electron chi connectivity index (χ4n) is 2.92. The molecule has 2 aromatic heterocycles. The molecule has 1 atom stereocenters. The summed E-state index contributed by atoms with van der Waals surface area (Å²) in [5.74, 6) is 0.966. The van der Waals surface area contributed by atoms with Crippen LogP contribution in [0.2, 0.25) is 0 Å². The molecule has 3 aromatic rings. The van der Waals surface area contributed by atoms with Crippen molar-refractivity contribution in [2.45, 2.75) is 39.8 Å². The average Bonchev–Trinajstić information content (AvgIpc) is 3.01. The number of methoxy groups -OCH3 is 1. The third-order valence-electron chi connectivity index (χ3n) is 4.13. The lowest BCUT2D eigenvalue weighted by Crippen LogP contribution is -2.10. The maximum absolute atomic E-state index is 13.8. The molecule has 2 N–H and O–H groups in total. The Kier molecular flexibility index (Phi) is 5.89. The topological polar surface area (TPSA) is 85.1 Å². The quantitative estimate of drug-likeness (QED) is 0.646. The molecule has 0 bridgehead atoms. The van der Waals surface area contributed by atoms with E-state index in [-0.39, 0.29) is 0 Å². The van der Waals surface area contributed by atoms with Gasteiger partial charge in [0.05, 0.1) is 13.2 Å². The number of rotatable bonds is 7. The van der Waals surface area contributed by atoms with Gasteiger partial charge in [0.25, 0.3) is 0 Å². The Morgan fingerprint density at radius 1 is 1.14 bits per heavy atom. The van der Waals surface area contributed by atoms with Crippen LogP contribution in [0.1, 0.15) is 24.7 Å². The molecule has 0 aliphatic heterocycles. The highest BCUT2D eigenvalue weighted by Crippen LogP contribution is 2.25. The molecular formula is C20H24FN5O2. The number of pyridine rings is 1. The number of nitrogens with zero attached hydrogens (tertiary/aromatic N) is 4. The van der Waals surface area contributed by atoms with Crippen molar-refractivity contribution in [3.63, 3.8) is 0 Å². The minimum Gasteiger partial charge on any atom is -0.497 e. The fourth-order valence-corrected chi connectivity index (χ4v) is 2.92. The molecule has 148 valence electrons. The molecule has 0 unspecified atom stereocenters. The lowest BCUT2D eigenvalue weighted by molar-refractivity contribution is 0.176. The molecule has 0 saturated carbocycles. The van der Waals surface area contributed by atoms with Crippen molar-refractivity contribution in [2.75, 3.05) is 12.4 Å². The van der Waals surface area contributed by atoms with Gasteiger partial charge in [-0.15, -0.1) is 5.10 Å². The van der Waals surface area contributed by atoms with Gasteiger partial charge in [0.1, 0.15) is 11.6 Å². The third-order valence-corrected chi connectivity index (χ3v) is 4.13. The van der Waals surface area contributed by atoms with E-state index < -0.39 is 11.9 Å². The molecule has 0 radical (unpaired) electrons. The summed E-state index contributed by atoms with van der Waals surface area (Å²) < 4.78 is 20.6. The number of benzene rings is 1. The summed E-state index contributed by atoms with van der Waals surface area (Å²) in [5, 5.41) is 17.2. The Balaban J connectivity index is 1.97. The van der Waals surface area contributed by atoms with Gasteiger partial charge in [-0.05, 0) is 45.4 Å². The maximum atomic E-state index is 13.8. The average molecular weight is 385 g/mol. The van der Waals surface area contributed by atoms with E-state index in [1.165, 1.54) is 19.2 Å². The molecule has 0 spiro atoms. The van der Waals surface area contributed by atoms with Gasteiger partial charge < -0.3 is 15.2 Å². The van der Waals surface area contributed by atoms with E-state index in [9.17, 15) is 9.50 Å². The molecular weight excluding hydrogens is 361 g/mol. The summed E-state index contributed by atoms with van der Waals surface area (Å²) in [6.45, 7) is 6.07. The normalized spacial score (nSPS) is 12.1. The first-order valence-corrected chi connectivity index (χ1v) is 9.04. The van der Waals surface area contributed by atoms with E-state index >= 15 is 0 Å². The number of aliphatic hydroxyl groups excluding tert-OH is 1. The number of hydrogen-bond donors (Lipinski definition) is 2. The van der Waals surface area contributed by atoms with Gasteiger partial charge in [0, 0.05) is 41.3 Å². The summed E-state index contributed by atoms with van der Waals surface area (Å²) >= 11 is 0. The summed E-state index contributed by atoms with van der Waals surface area (Å²) in [5.41, 5.74) is 3.13. The van der Waals surface area contributed by atoms with E-state index in [0.29, 0.717) is 36.2 Å². The number of hydrogen-bond acceptors (Lipinski definition) is 6. The zero-order valence-electron chi connectivity index (χ0n) is 16.4. The molecule has 0 saturated heterocycles. The van der Waals surface area contributed by atoms with Crippen molar-refractivity contribution < 1.29 is 14.2 Å². The van der Waals surface area contributed by atoms with Crippen LogP contribution in [0.3, 0.4) is 0 Å². The number of aromatic nitrogens is 4. The highest BCUT2D eigenvalue weighted by Gasteiger charge is 2.15. The van der Waals surface area contributed by atoms with Crippen molar-refractivity contribution in [1.82, 2.24) is 19.7 Å². The summed E-state index contributed by atoms with van der Waals surface area (Å²) in [6, 6.07) is 8.18. The number of nitrogens with one attached hydrogen (secondary N) is 1. The van der Waals surface area contributed by atoms with Crippen molar-refractivity contribution in [3.8, 4) is 17.1 Å². The van der Waals surface area contributed by atoms with E-state index in [4.69, 9.17) is 4.74 Å². The number of aliphatic hydroxyl groups is 1. The molecule has 1 aromatic carbocycles. The van der Waals surface area contributed by atoms with Crippen LogP contribution in [0.4, 0.5) is 16.0 Å². The van der Waals surface area contributed by atoms with Gasteiger partial charge in [-0.2, -0.15) is 4.98 Å². The van der Waals surface area contributed by atoms with Crippen LogP contribution in [-0.4, -0.2) is 38.1 Å². The SMILES string of the molecule is COc1cc(F)cc(Nc2nc(-c3cc(C)nc(C)c3)n(CC[C@H](C)O)n2)c1. The van der Waals surface area contributed by atoms with Crippen LogP contribution in [-0.2, 0) is 6.54 Å². The van der Waals surface area contributed by atoms with Crippen LogP contribution in [0.15, 0.2) is 30.3 Å². The van der Waals surface area contributed by atoms with Crippen molar-refractivity contribution >= 4 is 11.6 Å². The maximum Gasteiger partial charge on any atom is 0.247 e.